The van der Waals surface area contributed by atoms with Gasteiger partial charge in [-0.15, -0.1) is 0 Å². The van der Waals surface area contributed by atoms with E-state index in [0.29, 0.717) is 0 Å². The zero-order chi connectivity index (χ0) is 9.00. The van der Waals surface area contributed by atoms with Crippen LogP contribution in [0.4, 0.5) is 0 Å². The average molecular weight is 316 g/mol. The molecule has 14 heavy (non-hydrogen) atoms. The van der Waals surface area contributed by atoms with Gasteiger partial charge in [0.2, 0.25) is 0 Å². The topological polar surface area (TPSA) is 164 Å². The summed E-state index contributed by atoms with van der Waals surface area (Å²) < 4.78 is 42.7. The van der Waals surface area contributed by atoms with Gasteiger partial charge in [0.25, 0.3) is 0 Å². The Kier molecular flexibility index (Phi) is 47.6. The van der Waals surface area contributed by atoms with Gasteiger partial charge in [-0.2, -0.15) is 0 Å². The van der Waals surface area contributed by atoms with E-state index >= 15 is 0 Å². The zero-order valence-corrected chi connectivity index (χ0v) is 20.1. The molecule has 0 saturated heterocycles. The van der Waals surface area contributed by atoms with Crippen molar-refractivity contribution in [2.24, 2.45) is 0 Å². The smallest absolute Gasteiger partial charge is 0.790 e. The van der Waals surface area contributed by atoms with E-state index in [1.807, 2.05) is 0 Å². The Hall–Kier alpha value is 5.25. The van der Waals surface area contributed by atoms with E-state index in [9.17, 15) is 0 Å². The van der Waals surface area contributed by atoms with Crippen molar-refractivity contribution in [2.75, 3.05) is 0 Å². The predicted octanol–water partition coefficient (Wildman–Crippen LogP) is -15.5. The summed E-state index contributed by atoms with van der Waals surface area (Å²) >= 11 is 0. The first-order chi connectivity index (χ1) is 4.00. The molecule has 14 heteroatoms. The molecule has 0 spiro atoms. The molecular formula is HK2Na2O8PS. The van der Waals surface area contributed by atoms with Crippen molar-refractivity contribution in [1.29, 1.82) is 0 Å². The normalized spacial score (nSPS) is 8.36. The van der Waals surface area contributed by atoms with Crippen LogP contribution in [0.1, 0.15) is 0 Å². The van der Waals surface area contributed by atoms with Crippen molar-refractivity contribution in [1.82, 2.24) is 0 Å². The fourth-order valence-corrected chi connectivity index (χ4v) is 0. The van der Waals surface area contributed by atoms with Crippen molar-refractivity contribution in [3.05, 3.63) is 0 Å². The third-order valence-electron chi connectivity index (χ3n) is 0. The van der Waals surface area contributed by atoms with Crippen LogP contribution in [0, 0.1) is 0 Å². The van der Waals surface area contributed by atoms with Gasteiger partial charge in [0.1, 0.15) is 0 Å². The summed E-state index contributed by atoms with van der Waals surface area (Å²) in [5.74, 6) is 0. The Balaban J connectivity index is -0.0000000178. The Morgan fingerprint density at radius 1 is 1.00 bits per heavy atom. The molecule has 0 saturated carbocycles. The first-order valence-electron chi connectivity index (χ1n) is 1.41. The van der Waals surface area contributed by atoms with Crippen LogP contribution in [0.2, 0.25) is 0 Å². The van der Waals surface area contributed by atoms with Gasteiger partial charge in [0, 0.05) is 10.4 Å². The molecule has 1 N–H and O–H groups in total. The Morgan fingerprint density at radius 2 is 1.00 bits per heavy atom. The van der Waals surface area contributed by atoms with E-state index in [2.05, 4.69) is 0 Å². The first kappa shape index (κ1) is 36.5. The summed E-state index contributed by atoms with van der Waals surface area (Å²) in [6, 6.07) is 0. The third-order valence-corrected chi connectivity index (χ3v) is 0. The van der Waals surface area contributed by atoms with Gasteiger partial charge < -0.3 is 28.4 Å². The maximum atomic E-state index is 8.66. The molecule has 64 valence electrons. The number of hydrogen-bond donors (Lipinski definition) is 1. The van der Waals surface area contributed by atoms with Gasteiger partial charge in [-0.05, 0) is 0 Å². The summed E-state index contributed by atoms with van der Waals surface area (Å²) in [5, 5.41) is 0. The molecule has 0 aromatic rings. The fraction of sp³-hybridized carbons (Fsp3) is 0. The molecule has 8 nitrogen and oxygen atoms in total. The minimum atomic E-state index is -5.17. The molecule has 0 amide bonds. The van der Waals surface area contributed by atoms with Crippen LogP contribution in [0.25, 0.3) is 0 Å². The van der Waals surface area contributed by atoms with Gasteiger partial charge in [-0.25, -0.2) is 0 Å². The van der Waals surface area contributed by atoms with Gasteiger partial charge in [-0.3, -0.25) is 8.42 Å². The summed E-state index contributed by atoms with van der Waals surface area (Å²) in [5.41, 5.74) is 0. The Morgan fingerprint density at radius 3 is 1.00 bits per heavy atom. The SMILES string of the molecule is O=P([O-])([O-])O.O=S(=O)([O-])[O-].[K+].[K+].[Na+].[Na+]. The maximum Gasteiger partial charge on any atom is 1.00 e. The second kappa shape index (κ2) is 18.3. The van der Waals surface area contributed by atoms with Crippen LogP contribution in [-0.4, -0.2) is 22.4 Å². The second-order valence-electron chi connectivity index (χ2n) is 0.877. The van der Waals surface area contributed by atoms with Crippen molar-refractivity contribution in [3.8, 4) is 0 Å². The Bertz CT molecular complexity index is 203. The number of hydrogen-bond acceptors (Lipinski definition) is 7. The van der Waals surface area contributed by atoms with E-state index in [-0.39, 0.29) is 162 Å². The zero-order valence-electron chi connectivity index (χ0n) is 8.16. The van der Waals surface area contributed by atoms with Crippen LogP contribution < -0.4 is 172 Å². The monoisotopic (exact) mass is 316 g/mol. The van der Waals surface area contributed by atoms with E-state index in [0.717, 1.165) is 0 Å². The van der Waals surface area contributed by atoms with Crippen molar-refractivity contribution >= 4 is 18.2 Å². The largest absolute Gasteiger partial charge is 1.00 e. The van der Waals surface area contributed by atoms with Crippen LogP contribution in [0.5, 0.6) is 0 Å². The maximum absolute atomic E-state index is 8.66. The molecule has 0 aliphatic rings. The van der Waals surface area contributed by atoms with Gasteiger partial charge >= 0.3 is 162 Å². The van der Waals surface area contributed by atoms with Crippen molar-refractivity contribution in [3.63, 3.8) is 0 Å². The van der Waals surface area contributed by atoms with Crippen LogP contribution in [-0.2, 0) is 15.0 Å². The number of phosphoric acid groups is 1. The minimum absolute atomic E-state index is 0. The molecule has 0 bridgehead atoms. The van der Waals surface area contributed by atoms with Crippen LogP contribution in [0.15, 0.2) is 0 Å². The van der Waals surface area contributed by atoms with Gasteiger partial charge in [0.15, 0.2) is 0 Å². The van der Waals surface area contributed by atoms with Crippen LogP contribution >= 0.6 is 7.82 Å². The van der Waals surface area contributed by atoms with Crippen molar-refractivity contribution in [2.45, 2.75) is 0 Å². The molecule has 0 fully saturated rings. The predicted molar refractivity (Wildman–Crippen MR) is 20.3 cm³/mol. The van der Waals surface area contributed by atoms with Gasteiger partial charge in [0.05, 0.1) is 7.82 Å². The average Bonchev–Trinajstić information content (AvgIpc) is 1.12. The van der Waals surface area contributed by atoms with E-state index in [1.165, 1.54) is 0 Å². The van der Waals surface area contributed by atoms with E-state index in [1.54, 1.807) is 0 Å². The summed E-state index contributed by atoms with van der Waals surface area (Å²) in [6.45, 7) is 0. The molecule has 0 aromatic heterocycles. The summed E-state index contributed by atoms with van der Waals surface area (Å²) in [4.78, 5) is 24.3. The molecule has 0 aromatic carbocycles. The van der Waals surface area contributed by atoms with Crippen molar-refractivity contribution < 1.29 is 199 Å². The quantitative estimate of drug-likeness (QED) is 0.199. The number of rotatable bonds is 0. The summed E-state index contributed by atoms with van der Waals surface area (Å²) in [6.07, 6.45) is 0. The molecule has 0 heterocycles. The minimum Gasteiger partial charge on any atom is -0.790 e. The Labute approximate surface area is 211 Å². The molecule has 0 aliphatic heterocycles. The standard InChI is InChI=1S/2K.2Na.H3O4P.H2O4S/c;;;;2*1-5(2,3)4/h;;;;(H3,1,2,3,4);(H2,1,2,3,4)/q4*+1;;/p-4. The fourth-order valence-electron chi connectivity index (χ4n) is 0. The molecule has 0 aliphatic carbocycles. The molecule has 0 atom stereocenters. The van der Waals surface area contributed by atoms with E-state index in [4.69, 9.17) is 36.8 Å². The second-order valence-corrected chi connectivity index (χ2v) is 2.63. The molecule has 0 radical (unpaired) electrons. The summed E-state index contributed by atoms with van der Waals surface area (Å²) in [7, 11) is -10.3. The van der Waals surface area contributed by atoms with Crippen LogP contribution in [0.3, 0.4) is 0 Å². The molecule has 0 unspecified atom stereocenters. The molecule has 0 rings (SSSR count). The first-order valence-corrected chi connectivity index (χ1v) is 4.24. The molecular weight excluding hydrogens is 315 g/mol. The van der Waals surface area contributed by atoms with Gasteiger partial charge in [-0.1, -0.05) is 0 Å². The third kappa shape index (κ3) is 165. The van der Waals surface area contributed by atoms with E-state index < -0.39 is 18.2 Å².